The number of fused-ring (bicyclic) bond motifs is 1. The Hall–Kier alpha value is -3.46. The lowest BCUT2D eigenvalue weighted by molar-refractivity contribution is 1.36. The molecule has 0 bridgehead atoms. The molecule has 3 heteroatoms. The second kappa shape index (κ2) is 7.42. The van der Waals surface area contributed by atoms with Crippen LogP contribution in [0.25, 0.3) is 10.9 Å². The van der Waals surface area contributed by atoms with Gasteiger partial charge in [-0.25, -0.2) is 0 Å². The summed E-state index contributed by atoms with van der Waals surface area (Å²) in [5.41, 5.74) is 7.44. The Balaban J connectivity index is 1.70. The Morgan fingerprint density at radius 3 is 2.41 bits per heavy atom. The molecule has 0 saturated carbocycles. The molecule has 0 saturated heterocycles. The summed E-state index contributed by atoms with van der Waals surface area (Å²) in [6, 6.07) is 24.6. The van der Waals surface area contributed by atoms with Gasteiger partial charge in [0.15, 0.2) is 0 Å². The van der Waals surface area contributed by atoms with Crippen molar-refractivity contribution in [1.29, 1.82) is 0 Å². The number of nitrogens with one attached hydrogen (secondary N) is 1. The van der Waals surface area contributed by atoms with Crippen molar-refractivity contribution in [1.82, 2.24) is 4.98 Å². The monoisotopic (exact) mass is 351 g/mol. The molecule has 0 unspecified atom stereocenters. The summed E-state index contributed by atoms with van der Waals surface area (Å²) >= 11 is 0. The number of aryl methyl sites for hydroxylation is 2. The van der Waals surface area contributed by atoms with E-state index in [1.54, 1.807) is 6.20 Å². The fourth-order valence-corrected chi connectivity index (χ4v) is 3.20. The molecule has 4 rings (SSSR count). The second-order valence-electron chi connectivity index (χ2n) is 6.59. The lowest BCUT2D eigenvalue weighted by Gasteiger charge is -2.14. The summed E-state index contributed by atoms with van der Waals surface area (Å²) in [6.07, 6.45) is 3.71. The number of aliphatic imine (C=N–C) groups is 1. The zero-order chi connectivity index (χ0) is 18.6. The van der Waals surface area contributed by atoms with Crippen molar-refractivity contribution >= 4 is 34.2 Å². The van der Waals surface area contributed by atoms with Crippen LogP contribution in [0.15, 0.2) is 84.0 Å². The first kappa shape index (κ1) is 17.0. The Labute approximate surface area is 159 Å². The van der Waals surface area contributed by atoms with Crippen LogP contribution in [-0.2, 0) is 0 Å². The summed E-state index contributed by atoms with van der Waals surface area (Å²) in [5, 5.41) is 4.67. The van der Waals surface area contributed by atoms with E-state index in [4.69, 9.17) is 4.99 Å². The summed E-state index contributed by atoms with van der Waals surface area (Å²) in [4.78, 5) is 9.20. The van der Waals surface area contributed by atoms with Gasteiger partial charge in [-0.3, -0.25) is 9.98 Å². The van der Waals surface area contributed by atoms with Crippen LogP contribution in [0.1, 0.15) is 16.7 Å². The number of hydrogen-bond acceptors (Lipinski definition) is 3. The number of hydrogen-bond donors (Lipinski definition) is 1. The smallest absolute Gasteiger partial charge is 0.0958 e. The Morgan fingerprint density at radius 2 is 1.56 bits per heavy atom. The highest BCUT2D eigenvalue weighted by Crippen LogP contribution is 2.27. The van der Waals surface area contributed by atoms with E-state index < -0.39 is 0 Å². The Bertz CT molecular complexity index is 1100. The number of benzene rings is 3. The van der Waals surface area contributed by atoms with Gasteiger partial charge >= 0.3 is 0 Å². The minimum Gasteiger partial charge on any atom is -0.355 e. The van der Waals surface area contributed by atoms with Crippen molar-refractivity contribution in [2.45, 2.75) is 13.8 Å². The third kappa shape index (κ3) is 3.58. The number of nitrogens with zero attached hydrogens (tertiary/aromatic N) is 2. The molecule has 27 heavy (non-hydrogen) atoms. The topological polar surface area (TPSA) is 37.3 Å². The molecule has 0 spiro atoms. The molecule has 3 aromatic carbocycles. The number of anilines is 2. The highest BCUT2D eigenvalue weighted by Gasteiger charge is 2.06. The maximum atomic E-state index is 4.72. The molecule has 0 radical (unpaired) electrons. The average molecular weight is 351 g/mol. The lowest BCUT2D eigenvalue weighted by Crippen LogP contribution is -1.99. The van der Waals surface area contributed by atoms with Crippen LogP contribution in [0.5, 0.6) is 0 Å². The molecule has 1 heterocycles. The maximum absolute atomic E-state index is 4.72. The van der Waals surface area contributed by atoms with Crippen LogP contribution in [0.4, 0.5) is 17.1 Å². The molecule has 0 aliphatic heterocycles. The Kier molecular flexibility index (Phi) is 4.67. The van der Waals surface area contributed by atoms with E-state index in [2.05, 4.69) is 66.6 Å². The van der Waals surface area contributed by atoms with Gasteiger partial charge in [0.25, 0.3) is 0 Å². The van der Waals surface area contributed by atoms with E-state index in [1.165, 1.54) is 11.1 Å². The van der Waals surface area contributed by atoms with Crippen molar-refractivity contribution in [3.63, 3.8) is 0 Å². The zero-order valence-electron chi connectivity index (χ0n) is 15.5. The molecular formula is C24H21N3. The summed E-state index contributed by atoms with van der Waals surface area (Å²) in [7, 11) is 0. The van der Waals surface area contributed by atoms with Gasteiger partial charge in [-0.15, -0.1) is 0 Å². The third-order valence-corrected chi connectivity index (χ3v) is 4.66. The third-order valence-electron chi connectivity index (χ3n) is 4.66. The standard InChI is InChI=1S/C24H21N3/c1-17-8-5-9-18(2)23(17)27-21-13-4-3-10-20(21)16-26-22-14-6-11-19-12-7-15-25-24(19)22/h3-16,27H,1-2H3. The maximum Gasteiger partial charge on any atom is 0.0958 e. The predicted octanol–water partition coefficient (Wildman–Crippen LogP) is 6.35. The van der Waals surface area contributed by atoms with Gasteiger partial charge in [0.2, 0.25) is 0 Å². The normalized spacial score (nSPS) is 11.2. The first-order valence-corrected chi connectivity index (χ1v) is 9.02. The van der Waals surface area contributed by atoms with Crippen LogP contribution in [0.3, 0.4) is 0 Å². The van der Waals surface area contributed by atoms with Gasteiger partial charge in [-0.1, -0.05) is 54.6 Å². The van der Waals surface area contributed by atoms with Gasteiger partial charge in [0.05, 0.1) is 11.2 Å². The predicted molar refractivity (Wildman–Crippen MR) is 115 cm³/mol. The van der Waals surface area contributed by atoms with Crippen LogP contribution >= 0.6 is 0 Å². The number of para-hydroxylation sites is 3. The quantitative estimate of drug-likeness (QED) is 0.435. The number of pyridine rings is 1. The van der Waals surface area contributed by atoms with E-state index in [0.717, 1.165) is 33.5 Å². The second-order valence-corrected chi connectivity index (χ2v) is 6.59. The first-order valence-electron chi connectivity index (χ1n) is 9.02. The fraction of sp³-hybridized carbons (Fsp3) is 0.0833. The lowest BCUT2D eigenvalue weighted by atomic mass is 10.1. The molecule has 0 fully saturated rings. The SMILES string of the molecule is Cc1cccc(C)c1Nc1ccccc1C=Nc1cccc2cccnc12. The van der Waals surface area contributed by atoms with Crippen molar-refractivity contribution in [3.05, 3.63) is 95.7 Å². The van der Waals surface area contributed by atoms with E-state index >= 15 is 0 Å². The van der Waals surface area contributed by atoms with E-state index in [9.17, 15) is 0 Å². The molecule has 132 valence electrons. The molecule has 4 aromatic rings. The molecule has 1 N–H and O–H groups in total. The van der Waals surface area contributed by atoms with Crippen molar-refractivity contribution in [2.24, 2.45) is 4.99 Å². The number of rotatable bonds is 4. The largest absolute Gasteiger partial charge is 0.355 e. The molecule has 3 nitrogen and oxygen atoms in total. The minimum absolute atomic E-state index is 0.870. The van der Waals surface area contributed by atoms with Crippen LogP contribution in [0, 0.1) is 13.8 Å². The van der Waals surface area contributed by atoms with Crippen LogP contribution < -0.4 is 5.32 Å². The zero-order valence-corrected chi connectivity index (χ0v) is 15.5. The molecule has 0 aliphatic carbocycles. The highest BCUT2D eigenvalue weighted by atomic mass is 14.9. The van der Waals surface area contributed by atoms with Crippen molar-refractivity contribution < 1.29 is 0 Å². The highest BCUT2D eigenvalue weighted by molar-refractivity contribution is 5.95. The molecule has 0 aliphatic rings. The van der Waals surface area contributed by atoms with Gasteiger partial charge in [0, 0.05) is 34.7 Å². The van der Waals surface area contributed by atoms with Crippen LogP contribution in [0.2, 0.25) is 0 Å². The van der Waals surface area contributed by atoms with E-state index in [-0.39, 0.29) is 0 Å². The fourth-order valence-electron chi connectivity index (χ4n) is 3.20. The van der Waals surface area contributed by atoms with Crippen LogP contribution in [-0.4, -0.2) is 11.2 Å². The first-order chi connectivity index (χ1) is 13.2. The number of aromatic nitrogens is 1. The summed E-state index contributed by atoms with van der Waals surface area (Å²) in [6.45, 7) is 4.24. The molecule has 0 amide bonds. The molecule has 0 atom stereocenters. The minimum atomic E-state index is 0.870. The van der Waals surface area contributed by atoms with Gasteiger partial charge in [-0.2, -0.15) is 0 Å². The van der Waals surface area contributed by atoms with Crippen molar-refractivity contribution in [2.75, 3.05) is 5.32 Å². The Morgan fingerprint density at radius 1 is 0.815 bits per heavy atom. The summed E-state index contributed by atoms with van der Waals surface area (Å²) in [5.74, 6) is 0. The average Bonchev–Trinajstić information content (AvgIpc) is 2.70. The van der Waals surface area contributed by atoms with Gasteiger partial charge in [-0.05, 0) is 43.2 Å². The molecular weight excluding hydrogens is 330 g/mol. The van der Waals surface area contributed by atoms with Crippen molar-refractivity contribution in [3.8, 4) is 0 Å². The van der Waals surface area contributed by atoms with Gasteiger partial charge in [0.1, 0.15) is 0 Å². The van der Waals surface area contributed by atoms with Gasteiger partial charge < -0.3 is 5.32 Å². The molecule has 1 aromatic heterocycles. The van der Waals surface area contributed by atoms with E-state index in [0.29, 0.717) is 0 Å². The van der Waals surface area contributed by atoms with E-state index in [1.807, 2.05) is 36.5 Å². The summed E-state index contributed by atoms with van der Waals surface area (Å²) < 4.78 is 0.